The molecule has 0 amide bonds. The molecule has 0 aliphatic carbocycles. The van der Waals surface area contributed by atoms with Crippen molar-refractivity contribution in [3.8, 4) is 56.4 Å². The van der Waals surface area contributed by atoms with Gasteiger partial charge in [-0.25, -0.2) is 15.0 Å². The van der Waals surface area contributed by atoms with Crippen molar-refractivity contribution >= 4 is 43.9 Å². The van der Waals surface area contributed by atoms with Crippen LogP contribution >= 0.6 is 0 Å². The molecule has 0 aliphatic heterocycles. The van der Waals surface area contributed by atoms with Crippen molar-refractivity contribution in [1.29, 1.82) is 0 Å². The number of aromatic nitrogens is 3. The van der Waals surface area contributed by atoms with Gasteiger partial charge in [-0.1, -0.05) is 127 Å². The Hall–Kier alpha value is -6.85. The van der Waals surface area contributed by atoms with E-state index in [2.05, 4.69) is 4.98 Å². The molecule has 3 heterocycles. The predicted molar refractivity (Wildman–Crippen MR) is 202 cm³/mol. The molecule has 7 aromatic carbocycles. The maximum Gasteiger partial charge on any atom is 0.164 e. The van der Waals surface area contributed by atoms with Gasteiger partial charge in [0.05, 0.1) is 20.6 Å². The van der Waals surface area contributed by atoms with Crippen molar-refractivity contribution < 1.29 is 29.4 Å². The van der Waals surface area contributed by atoms with Gasteiger partial charge < -0.3 is 8.83 Å². The van der Waals surface area contributed by atoms with Gasteiger partial charge in [0.1, 0.15) is 22.3 Å². The number of nitrogens with zero attached hydrogens (tertiary/aromatic N) is 3. The van der Waals surface area contributed by atoms with Gasteiger partial charge in [0.2, 0.25) is 0 Å². The lowest BCUT2D eigenvalue weighted by Crippen LogP contribution is -2.00. The Kier molecular flexibility index (Phi) is 3.87. The zero-order chi connectivity index (χ0) is 46.1. The SMILES string of the molecule is [2H]c1c([2H])c([2H])c(-c2c([2H])c([2H])c([2H])c(-c3c([2H])c([2H])c([2H])c4c3oc3c([2H])c(-c5nc(-c6ccccc6)nc(-c6ccc7c(c6)oc6ccccc67)n5)c([2H])c([2H])c34)c2[2H])c([2H])c1[2H]. The summed E-state index contributed by atoms with van der Waals surface area (Å²) >= 11 is 0. The molecule has 10 aromatic rings. The molecule has 0 saturated heterocycles. The molecule has 0 aliphatic rings. The maximum absolute atomic E-state index is 9.53. The molecule has 3 aromatic heterocycles. The van der Waals surface area contributed by atoms with E-state index < -0.39 is 124 Å². The van der Waals surface area contributed by atoms with Gasteiger partial charge >= 0.3 is 0 Å². The summed E-state index contributed by atoms with van der Waals surface area (Å²) < 4.78 is 145. The number of furan rings is 2. The van der Waals surface area contributed by atoms with Crippen LogP contribution in [0.5, 0.6) is 0 Å². The average Bonchev–Trinajstić information content (AvgIpc) is 3.90. The molecular weight excluding hydrogens is 615 g/mol. The van der Waals surface area contributed by atoms with Crippen molar-refractivity contribution in [2.45, 2.75) is 0 Å². The van der Waals surface area contributed by atoms with Crippen LogP contribution in [0.2, 0.25) is 0 Å². The number of benzene rings is 7. The van der Waals surface area contributed by atoms with Crippen molar-refractivity contribution in [3.63, 3.8) is 0 Å². The highest BCUT2D eigenvalue weighted by Gasteiger charge is 2.17. The summed E-state index contributed by atoms with van der Waals surface area (Å²) in [5.41, 5.74) is -1.17. The number of hydrogen-bond acceptors (Lipinski definition) is 5. The summed E-state index contributed by atoms with van der Waals surface area (Å²) in [5, 5.41) is 1.16. The molecule has 10 rings (SSSR count). The second kappa shape index (κ2) is 11.4. The number of hydrogen-bond donors (Lipinski definition) is 0. The zero-order valence-electron chi connectivity index (χ0n) is 40.6. The Morgan fingerprint density at radius 1 is 0.400 bits per heavy atom. The lowest BCUT2D eigenvalue weighted by molar-refractivity contribution is 0.669. The lowest BCUT2D eigenvalue weighted by Gasteiger charge is -2.08. The van der Waals surface area contributed by atoms with Crippen LogP contribution in [0.15, 0.2) is 172 Å². The maximum atomic E-state index is 9.53. The predicted octanol–water partition coefficient (Wildman–Crippen LogP) is 12.0. The van der Waals surface area contributed by atoms with Crippen LogP contribution in [0.25, 0.3) is 100 Å². The third kappa shape index (κ3) is 4.75. The summed E-state index contributed by atoms with van der Waals surface area (Å²) in [6, 6.07) is 10.9. The van der Waals surface area contributed by atoms with Crippen LogP contribution in [-0.4, -0.2) is 15.0 Å². The standard InChI is InChI=1S/C45H27N3O2/c1-3-11-28(12-4-1)30-15-9-16-31(25-30)34-18-10-19-38-37-24-22-33(27-41(37)50-42(34)38)45-47-43(29-13-5-2-6-14-29)46-44(48-45)32-21-23-36-35-17-7-8-20-39(35)49-40(36)26-32/h1-27H/i1D,3D,4D,9D,10D,11D,12D,15D,16D,18D,19D,22D,24D,25D,27D. The highest BCUT2D eigenvalue weighted by Crippen LogP contribution is 2.39. The Bertz CT molecular complexity index is 3710. The van der Waals surface area contributed by atoms with E-state index in [0.29, 0.717) is 22.3 Å². The molecule has 5 nitrogen and oxygen atoms in total. The van der Waals surface area contributed by atoms with Gasteiger partial charge in [-0.15, -0.1) is 0 Å². The fraction of sp³-hybridized carbons (Fsp3) is 0. The number of rotatable bonds is 5. The summed E-state index contributed by atoms with van der Waals surface area (Å²) in [6.07, 6.45) is 0. The van der Waals surface area contributed by atoms with Crippen LogP contribution in [0, 0.1) is 0 Å². The Morgan fingerprint density at radius 3 is 2.00 bits per heavy atom. The third-order valence-corrected chi connectivity index (χ3v) is 8.21. The molecule has 234 valence electrons. The van der Waals surface area contributed by atoms with Gasteiger partial charge in [-0.3, -0.25) is 0 Å². The zero-order valence-corrected chi connectivity index (χ0v) is 25.6. The molecule has 0 N–H and O–H groups in total. The molecule has 5 heteroatoms. The Morgan fingerprint density at radius 2 is 1.12 bits per heavy atom. The fourth-order valence-electron chi connectivity index (χ4n) is 5.87. The van der Waals surface area contributed by atoms with E-state index in [1.807, 2.05) is 36.4 Å². The van der Waals surface area contributed by atoms with E-state index in [-0.39, 0.29) is 33.8 Å². The van der Waals surface area contributed by atoms with E-state index in [1.165, 1.54) is 0 Å². The minimum atomic E-state index is -0.847. The molecule has 0 unspecified atom stereocenters. The monoisotopic (exact) mass is 656 g/mol. The second-order valence-electron chi connectivity index (χ2n) is 11.2. The quantitative estimate of drug-likeness (QED) is 0.184. The van der Waals surface area contributed by atoms with E-state index in [0.717, 1.165) is 10.8 Å². The Labute approximate surface area is 308 Å². The molecule has 0 atom stereocenters. The molecular formula is C45H27N3O2. The van der Waals surface area contributed by atoms with E-state index in [4.69, 9.17) is 33.9 Å². The van der Waals surface area contributed by atoms with Gasteiger partial charge in [0, 0.05) is 43.8 Å². The first-order valence-corrected chi connectivity index (χ1v) is 15.4. The van der Waals surface area contributed by atoms with Crippen LogP contribution < -0.4 is 0 Å². The first-order valence-electron chi connectivity index (χ1n) is 22.9. The average molecular weight is 657 g/mol. The van der Waals surface area contributed by atoms with Crippen molar-refractivity contribution in [2.75, 3.05) is 0 Å². The van der Waals surface area contributed by atoms with Crippen molar-refractivity contribution in [3.05, 3.63) is 163 Å². The summed E-state index contributed by atoms with van der Waals surface area (Å²) in [7, 11) is 0. The van der Waals surface area contributed by atoms with Crippen molar-refractivity contribution in [2.24, 2.45) is 0 Å². The normalized spacial score (nSPS) is 15.8. The van der Waals surface area contributed by atoms with Crippen LogP contribution in [0.1, 0.15) is 20.6 Å². The summed E-state index contributed by atoms with van der Waals surface area (Å²) in [4.78, 5) is 14.2. The van der Waals surface area contributed by atoms with Crippen LogP contribution in [-0.2, 0) is 0 Å². The molecule has 0 spiro atoms. The van der Waals surface area contributed by atoms with Gasteiger partial charge in [-0.2, -0.15) is 0 Å². The van der Waals surface area contributed by atoms with Crippen LogP contribution in [0.3, 0.4) is 0 Å². The number of fused-ring (bicyclic) bond motifs is 6. The topological polar surface area (TPSA) is 65.0 Å². The smallest absolute Gasteiger partial charge is 0.164 e. The van der Waals surface area contributed by atoms with Gasteiger partial charge in [-0.05, 0) is 53.0 Å². The lowest BCUT2D eigenvalue weighted by atomic mass is 9.97. The third-order valence-electron chi connectivity index (χ3n) is 8.21. The van der Waals surface area contributed by atoms with Crippen LogP contribution in [0.4, 0.5) is 0 Å². The highest BCUT2D eigenvalue weighted by atomic mass is 16.3. The first-order chi connectivity index (χ1) is 31.0. The molecule has 0 saturated carbocycles. The van der Waals surface area contributed by atoms with Gasteiger partial charge in [0.25, 0.3) is 0 Å². The molecule has 0 fully saturated rings. The second-order valence-corrected chi connectivity index (χ2v) is 11.2. The summed E-state index contributed by atoms with van der Waals surface area (Å²) in [5.74, 6) is 0.126. The minimum Gasteiger partial charge on any atom is -0.456 e. The molecule has 50 heavy (non-hydrogen) atoms. The molecule has 0 radical (unpaired) electrons. The largest absolute Gasteiger partial charge is 0.456 e. The van der Waals surface area contributed by atoms with E-state index in [1.54, 1.807) is 36.4 Å². The van der Waals surface area contributed by atoms with Crippen molar-refractivity contribution in [1.82, 2.24) is 15.0 Å². The highest BCUT2D eigenvalue weighted by molar-refractivity contribution is 6.10. The number of para-hydroxylation sites is 2. The van der Waals surface area contributed by atoms with Gasteiger partial charge in [0.15, 0.2) is 17.5 Å². The minimum absolute atomic E-state index is 0.143. The summed E-state index contributed by atoms with van der Waals surface area (Å²) in [6.45, 7) is 0. The van der Waals surface area contributed by atoms with E-state index >= 15 is 0 Å². The Balaban J connectivity index is 1.25. The fourth-order valence-corrected chi connectivity index (χ4v) is 5.87. The molecule has 0 bridgehead atoms. The van der Waals surface area contributed by atoms with E-state index in [9.17, 15) is 5.48 Å². The first kappa shape index (κ1) is 17.0.